The van der Waals surface area contributed by atoms with Crippen molar-refractivity contribution in [2.45, 2.75) is 52.4 Å². The number of fused-ring (bicyclic) bond motifs is 4. The summed E-state index contributed by atoms with van der Waals surface area (Å²) >= 11 is 0. The third kappa shape index (κ3) is 8.02. The molecule has 9 aromatic carbocycles. The molecule has 12 rings (SSSR count). The predicted molar refractivity (Wildman–Crippen MR) is 301 cm³/mol. The third-order valence-corrected chi connectivity index (χ3v) is 14.4. The molecule has 0 saturated carbocycles. The number of hydrogen-bond acceptors (Lipinski definition) is 4. The molecule has 10 aromatic rings. The molecule has 0 saturated heterocycles. The van der Waals surface area contributed by atoms with Gasteiger partial charge in [0.25, 0.3) is 6.71 Å². The quantitative estimate of drug-likeness (QED) is 0.149. The zero-order valence-corrected chi connectivity index (χ0v) is 41.2. The molecule has 0 radical (unpaired) electrons. The van der Waals surface area contributed by atoms with Crippen molar-refractivity contribution >= 4 is 57.2 Å². The average Bonchev–Trinajstić information content (AvgIpc) is 3.41. The maximum Gasteiger partial charge on any atom is 0.252 e. The lowest BCUT2D eigenvalue weighted by Gasteiger charge is -2.44. The van der Waals surface area contributed by atoms with Crippen molar-refractivity contribution in [3.05, 3.63) is 236 Å². The van der Waals surface area contributed by atoms with Gasteiger partial charge in [-0.1, -0.05) is 211 Å². The Bertz CT molecular complexity index is 3350. The van der Waals surface area contributed by atoms with E-state index in [2.05, 4.69) is 276 Å². The van der Waals surface area contributed by atoms with Gasteiger partial charge < -0.3 is 9.80 Å². The highest BCUT2D eigenvalue weighted by molar-refractivity contribution is 7.00. The van der Waals surface area contributed by atoms with Crippen LogP contribution in [-0.4, -0.2) is 16.7 Å². The number of hydrogen-bond donors (Lipinski definition) is 0. The molecule has 2 aliphatic heterocycles. The van der Waals surface area contributed by atoms with Crippen LogP contribution in [0.25, 0.3) is 56.2 Å². The third-order valence-electron chi connectivity index (χ3n) is 14.4. The standard InChI is InChI=1S/C66H55BN4/c1-65(2,3)51-29-33-53(34-30-51)70-59-39-48(44-19-11-7-12-20-44)27-37-55(59)67-56-38-28-49(45-21-13-8-14-22-45)40-60(56)71(54-35-31-52(32-36-54)66(4,5)6)62-42-50(41-61(70)63(62)67)64-68-57(46-23-15-9-16-24-46)43-58(69-64)47-25-17-10-18-26-47/h7-43H,1-6H3. The monoisotopic (exact) mass is 914 g/mol. The number of aromatic nitrogens is 2. The number of benzene rings is 9. The van der Waals surface area contributed by atoms with Crippen LogP contribution < -0.4 is 26.2 Å². The number of nitrogens with zero attached hydrogens (tertiary/aromatic N) is 4. The SMILES string of the molecule is CC(C)(C)c1ccc(N2c3cc(-c4ccccc4)ccc3B3c4ccc(-c5ccccc5)cc4N(c4ccc(C(C)(C)C)cc4)c4cc(-c5nc(-c6ccccc6)cc(-c6ccccc6)n5)cc2c43)cc1. The minimum Gasteiger partial charge on any atom is -0.311 e. The zero-order valence-electron chi connectivity index (χ0n) is 41.2. The Balaban J connectivity index is 1.19. The second-order valence-electron chi connectivity index (χ2n) is 21.1. The van der Waals surface area contributed by atoms with Crippen molar-refractivity contribution in [2.24, 2.45) is 0 Å². The van der Waals surface area contributed by atoms with Crippen molar-refractivity contribution in [1.82, 2.24) is 9.97 Å². The second-order valence-corrected chi connectivity index (χ2v) is 21.1. The summed E-state index contributed by atoms with van der Waals surface area (Å²) in [5.41, 5.74) is 22.5. The smallest absolute Gasteiger partial charge is 0.252 e. The molecule has 3 heterocycles. The van der Waals surface area contributed by atoms with Gasteiger partial charge in [-0.05, 0) is 115 Å². The molecule has 0 bridgehead atoms. The van der Waals surface area contributed by atoms with Gasteiger partial charge in [0.1, 0.15) is 0 Å². The van der Waals surface area contributed by atoms with E-state index in [1.807, 2.05) is 0 Å². The molecule has 71 heavy (non-hydrogen) atoms. The zero-order chi connectivity index (χ0) is 48.4. The largest absolute Gasteiger partial charge is 0.311 e. The van der Waals surface area contributed by atoms with E-state index in [1.165, 1.54) is 49.8 Å². The van der Waals surface area contributed by atoms with Crippen LogP contribution in [0.15, 0.2) is 224 Å². The minimum absolute atomic E-state index is 0.00802. The fraction of sp³-hybridized carbons (Fsp3) is 0.121. The molecule has 0 amide bonds. The Morgan fingerprint density at radius 1 is 0.324 bits per heavy atom. The molecule has 0 atom stereocenters. The van der Waals surface area contributed by atoms with Crippen LogP contribution in [0.2, 0.25) is 0 Å². The van der Waals surface area contributed by atoms with E-state index < -0.39 is 0 Å². The average molecular weight is 915 g/mol. The first-order valence-corrected chi connectivity index (χ1v) is 24.8. The highest BCUT2D eigenvalue weighted by Gasteiger charge is 2.44. The molecule has 0 aliphatic carbocycles. The Hall–Kier alpha value is -8.28. The second kappa shape index (κ2) is 17.3. The minimum atomic E-state index is -0.0830. The van der Waals surface area contributed by atoms with Crippen molar-refractivity contribution in [1.29, 1.82) is 0 Å². The van der Waals surface area contributed by atoms with Crippen LogP contribution in [-0.2, 0) is 10.8 Å². The maximum atomic E-state index is 5.48. The van der Waals surface area contributed by atoms with Gasteiger partial charge in [-0.3, -0.25) is 0 Å². The summed E-state index contributed by atoms with van der Waals surface area (Å²) in [6.45, 7) is 13.6. The summed E-state index contributed by atoms with van der Waals surface area (Å²) < 4.78 is 0. The number of rotatable bonds is 7. The van der Waals surface area contributed by atoms with E-state index in [9.17, 15) is 0 Å². The van der Waals surface area contributed by atoms with E-state index in [4.69, 9.17) is 9.97 Å². The summed E-state index contributed by atoms with van der Waals surface area (Å²) in [5, 5.41) is 0. The molecular weight excluding hydrogens is 860 g/mol. The first-order valence-electron chi connectivity index (χ1n) is 24.8. The molecular formula is C66H55BN4. The van der Waals surface area contributed by atoms with Crippen molar-refractivity contribution in [3.63, 3.8) is 0 Å². The lowest BCUT2D eigenvalue weighted by Crippen LogP contribution is -2.61. The van der Waals surface area contributed by atoms with E-state index in [-0.39, 0.29) is 17.5 Å². The molecule has 0 fully saturated rings. The first-order chi connectivity index (χ1) is 34.5. The topological polar surface area (TPSA) is 32.3 Å². The van der Waals surface area contributed by atoms with Gasteiger partial charge in [0.15, 0.2) is 5.82 Å². The van der Waals surface area contributed by atoms with Crippen LogP contribution in [0.5, 0.6) is 0 Å². The Kier molecular flexibility index (Phi) is 10.7. The van der Waals surface area contributed by atoms with Crippen molar-refractivity contribution in [3.8, 4) is 56.2 Å². The van der Waals surface area contributed by atoms with E-state index in [0.717, 1.165) is 62.2 Å². The predicted octanol–water partition coefficient (Wildman–Crippen LogP) is 15.5. The van der Waals surface area contributed by atoms with Crippen LogP contribution >= 0.6 is 0 Å². The molecule has 0 unspecified atom stereocenters. The van der Waals surface area contributed by atoms with Crippen LogP contribution in [0.3, 0.4) is 0 Å². The maximum absolute atomic E-state index is 5.48. The molecule has 0 N–H and O–H groups in total. The summed E-state index contributed by atoms with van der Waals surface area (Å²) in [5.74, 6) is 0.666. The lowest BCUT2D eigenvalue weighted by molar-refractivity contribution is 0.590. The van der Waals surface area contributed by atoms with Crippen LogP contribution in [0.1, 0.15) is 52.7 Å². The molecule has 342 valence electrons. The first kappa shape index (κ1) is 44.0. The highest BCUT2D eigenvalue weighted by atomic mass is 15.2. The van der Waals surface area contributed by atoms with E-state index >= 15 is 0 Å². The van der Waals surface area contributed by atoms with Crippen molar-refractivity contribution < 1.29 is 0 Å². The molecule has 2 aliphatic rings. The molecule has 5 heteroatoms. The Labute approximate surface area is 419 Å². The van der Waals surface area contributed by atoms with E-state index in [0.29, 0.717) is 5.82 Å². The van der Waals surface area contributed by atoms with Gasteiger partial charge in [-0.25, -0.2) is 9.97 Å². The summed E-state index contributed by atoms with van der Waals surface area (Å²) in [4.78, 5) is 16.0. The van der Waals surface area contributed by atoms with Crippen LogP contribution in [0, 0.1) is 0 Å². The van der Waals surface area contributed by atoms with Gasteiger partial charge in [-0.2, -0.15) is 0 Å². The van der Waals surface area contributed by atoms with E-state index in [1.54, 1.807) is 0 Å². The molecule has 1 aromatic heterocycles. The van der Waals surface area contributed by atoms with Gasteiger partial charge in [-0.15, -0.1) is 0 Å². The summed E-state index contributed by atoms with van der Waals surface area (Å²) in [6.07, 6.45) is 0. The molecule has 4 nitrogen and oxygen atoms in total. The van der Waals surface area contributed by atoms with Crippen LogP contribution in [0.4, 0.5) is 34.1 Å². The lowest BCUT2D eigenvalue weighted by atomic mass is 9.33. The van der Waals surface area contributed by atoms with Gasteiger partial charge in [0.2, 0.25) is 0 Å². The van der Waals surface area contributed by atoms with Gasteiger partial charge in [0, 0.05) is 50.8 Å². The summed E-state index contributed by atoms with van der Waals surface area (Å²) in [6, 6.07) is 82.1. The van der Waals surface area contributed by atoms with Crippen molar-refractivity contribution in [2.75, 3.05) is 9.80 Å². The summed E-state index contributed by atoms with van der Waals surface area (Å²) in [7, 11) is 0. The van der Waals surface area contributed by atoms with Gasteiger partial charge in [0.05, 0.1) is 11.4 Å². The molecule has 0 spiro atoms. The fourth-order valence-corrected chi connectivity index (χ4v) is 10.6. The number of anilines is 6. The Morgan fingerprint density at radius 2 is 0.676 bits per heavy atom. The normalized spacial score (nSPS) is 12.8. The van der Waals surface area contributed by atoms with Gasteiger partial charge >= 0.3 is 0 Å². The highest BCUT2D eigenvalue weighted by Crippen LogP contribution is 2.48. The fourth-order valence-electron chi connectivity index (χ4n) is 10.6. The Morgan fingerprint density at radius 3 is 1.04 bits per heavy atom.